The molecule has 26 heavy (non-hydrogen) atoms. The van der Waals surface area contributed by atoms with Crippen molar-refractivity contribution in [2.24, 2.45) is 5.89 Å². The molecule has 1 aliphatic rings. The van der Waals surface area contributed by atoms with E-state index in [2.05, 4.69) is 0 Å². The summed E-state index contributed by atoms with van der Waals surface area (Å²) in [4.78, 5) is 24.5. The van der Waals surface area contributed by atoms with Crippen LogP contribution in [0.2, 0.25) is 0 Å². The lowest BCUT2D eigenvalue weighted by atomic mass is 9.98. The maximum absolute atomic E-state index is 12.6. The predicted octanol–water partition coefficient (Wildman–Crippen LogP) is 4.02. The number of ether oxygens (including phenoxy) is 1. The van der Waals surface area contributed by atoms with Crippen LogP contribution < -0.4 is 5.32 Å². The highest BCUT2D eigenvalue weighted by Gasteiger charge is 2.29. The molecular formula is C21H23NO4. The van der Waals surface area contributed by atoms with Crippen molar-refractivity contribution in [1.29, 1.82) is 0 Å². The third kappa shape index (κ3) is 3.72. The molecule has 2 aromatic rings. The number of carbonyl (C=O) groups is 2. The number of carboxylic acid groups (broad SMARTS) is 1. The van der Waals surface area contributed by atoms with E-state index in [0.717, 1.165) is 22.3 Å². The molecule has 1 amide bonds. The SMILES string of the molecule is [2H]C([2H])([2H])C([2H])(C([2H])([2H])[2H])C([2H])([2H])[C@]([2H])(NC(=O)OCC1c2ccccc2-c2ccccc21)C(=O)O. The van der Waals surface area contributed by atoms with Gasteiger partial charge in [0.15, 0.2) is 0 Å². The lowest BCUT2D eigenvalue weighted by Crippen LogP contribution is -2.42. The zero-order valence-corrected chi connectivity index (χ0v) is 13.6. The minimum Gasteiger partial charge on any atom is -0.480 e. The molecule has 0 saturated heterocycles. The topological polar surface area (TPSA) is 75.6 Å². The molecule has 2 aromatic carbocycles. The normalized spacial score (nSPS) is 22.6. The number of amides is 1. The average molecular weight is 363 g/mol. The van der Waals surface area contributed by atoms with Crippen LogP contribution in [0.3, 0.4) is 0 Å². The third-order valence-corrected chi connectivity index (χ3v) is 4.03. The summed E-state index contributed by atoms with van der Waals surface area (Å²) in [5.74, 6) is -6.97. The average Bonchev–Trinajstić information content (AvgIpc) is 3.09. The molecule has 5 heteroatoms. The van der Waals surface area contributed by atoms with E-state index >= 15 is 0 Å². The van der Waals surface area contributed by atoms with Crippen LogP contribution in [-0.2, 0) is 9.53 Å². The van der Waals surface area contributed by atoms with Crippen molar-refractivity contribution in [3.8, 4) is 11.1 Å². The molecule has 0 unspecified atom stereocenters. The van der Waals surface area contributed by atoms with Gasteiger partial charge in [0.1, 0.15) is 12.6 Å². The fourth-order valence-corrected chi connectivity index (χ4v) is 3.00. The fraction of sp³-hybridized carbons (Fsp3) is 0.333. The van der Waals surface area contributed by atoms with E-state index in [9.17, 15) is 14.7 Å². The summed E-state index contributed by atoms with van der Waals surface area (Å²) in [6, 6.07) is 10.7. The van der Waals surface area contributed by atoms with Gasteiger partial charge in [-0.15, -0.1) is 0 Å². The van der Waals surface area contributed by atoms with Crippen molar-refractivity contribution in [1.82, 2.24) is 5.32 Å². The van der Waals surface area contributed by atoms with Crippen molar-refractivity contribution >= 4 is 12.1 Å². The van der Waals surface area contributed by atoms with Crippen molar-refractivity contribution in [3.63, 3.8) is 0 Å². The highest BCUT2D eigenvalue weighted by molar-refractivity contribution is 5.81. The van der Waals surface area contributed by atoms with Gasteiger partial charge in [0.05, 0.1) is 1.37 Å². The number of aliphatic carboxylic acids is 1. The van der Waals surface area contributed by atoms with E-state index in [0.29, 0.717) is 0 Å². The second kappa shape index (κ2) is 7.60. The lowest BCUT2D eigenvalue weighted by Gasteiger charge is -2.18. The fourth-order valence-electron chi connectivity index (χ4n) is 3.00. The van der Waals surface area contributed by atoms with Crippen LogP contribution in [0.15, 0.2) is 48.5 Å². The quantitative estimate of drug-likeness (QED) is 0.813. The molecule has 5 nitrogen and oxygen atoms in total. The first-order valence-electron chi connectivity index (χ1n) is 12.8. The monoisotopic (exact) mass is 363 g/mol. The standard InChI is InChI=1S/C21H23NO4/c1-13(2)11-19(20(23)24)22-21(25)26-12-18-16-9-5-3-7-14(16)15-8-4-6-10-17(15)18/h3-10,13,18-19H,11-12H2,1-2H3,(H,22,25)(H,23,24)/t19-/m0/s1/i1D3,2D3,11D2,13D,19D. The van der Waals surface area contributed by atoms with Crippen LogP contribution in [0, 0.1) is 5.89 Å². The minimum absolute atomic E-state index is 0.344. The summed E-state index contributed by atoms with van der Waals surface area (Å²) in [5, 5.41) is 11.1. The van der Waals surface area contributed by atoms with Gasteiger partial charge in [0.25, 0.3) is 0 Å². The summed E-state index contributed by atoms with van der Waals surface area (Å²) in [5.41, 5.74) is 3.42. The Morgan fingerprint density at radius 1 is 1.19 bits per heavy atom. The van der Waals surface area contributed by atoms with E-state index in [1.807, 2.05) is 36.4 Å². The number of carbonyl (C=O) groups excluding carboxylic acids is 1. The van der Waals surface area contributed by atoms with Crippen LogP contribution in [-0.4, -0.2) is 29.8 Å². The van der Waals surface area contributed by atoms with E-state index in [4.69, 9.17) is 18.4 Å². The summed E-state index contributed by atoms with van der Waals surface area (Å²) in [7, 11) is 0. The number of rotatable bonds is 6. The van der Waals surface area contributed by atoms with Crippen LogP contribution in [0.4, 0.5) is 4.79 Å². The van der Waals surface area contributed by atoms with Gasteiger partial charge in [-0.25, -0.2) is 9.59 Å². The number of hydrogen-bond donors (Lipinski definition) is 2. The molecule has 0 bridgehead atoms. The number of carboxylic acids is 1. The first-order chi connectivity index (χ1) is 16.4. The van der Waals surface area contributed by atoms with E-state index in [-0.39, 0.29) is 6.61 Å². The Bertz CT molecular complexity index is 1120. The van der Waals surface area contributed by atoms with Gasteiger partial charge in [-0.05, 0) is 34.5 Å². The van der Waals surface area contributed by atoms with E-state index < -0.39 is 50.0 Å². The highest BCUT2D eigenvalue weighted by Crippen LogP contribution is 2.44. The van der Waals surface area contributed by atoms with Crippen molar-refractivity contribution < 1.29 is 33.1 Å². The molecule has 0 heterocycles. The van der Waals surface area contributed by atoms with Crippen molar-refractivity contribution in [3.05, 3.63) is 59.7 Å². The summed E-state index contributed by atoms with van der Waals surface area (Å²) in [6.45, 7) is -8.14. The third-order valence-electron chi connectivity index (χ3n) is 4.03. The zero-order valence-electron chi connectivity index (χ0n) is 23.6. The summed E-state index contributed by atoms with van der Waals surface area (Å²) >= 11 is 0. The van der Waals surface area contributed by atoms with Crippen LogP contribution in [0.5, 0.6) is 0 Å². The van der Waals surface area contributed by atoms with Gasteiger partial charge in [0.2, 0.25) is 0 Å². The van der Waals surface area contributed by atoms with E-state index in [1.54, 1.807) is 12.1 Å². The first kappa shape index (κ1) is 9.21. The Labute approximate surface area is 167 Å². The maximum atomic E-state index is 12.6. The summed E-state index contributed by atoms with van der Waals surface area (Å²) in [6.07, 6.45) is -5.75. The number of hydrogen-bond acceptors (Lipinski definition) is 3. The molecule has 2 N–H and O–H groups in total. The number of nitrogens with one attached hydrogen (secondary N) is 1. The molecule has 3 rings (SSSR count). The molecule has 1 atom stereocenters. The second-order valence-corrected chi connectivity index (χ2v) is 5.63. The Morgan fingerprint density at radius 3 is 2.31 bits per heavy atom. The predicted molar refractivity (Wildman–Crippen MR) is 99.1 cm³/mol. The maximum Gasteiger partial charge on any atom is 0.407 e. The van der Waals surface area contributed by atoms with Gasteiger partial charge in [-0.2, -0.15) is 0 Å². The van der Waals surface area contributed by atoms with Gasteiger partial charge < -0.3 is 15.2 Å². The molecule has 0 fully saturated rings. The second-order valence-electron chi connectivity index (χ2n) is 5.63. The van der Waals surface area contributed by atoms with Gasteiger partial charge in [-0.1, -0.05) is 62.2 Å². The molecular weight excluding hydrogens is 330 g/mol. The van der Waals surface area contributed by atoms with E-state index in [1.165, 1.54) is 5.32 Å². The minimum atomic E-state index is -4.14. The first-order valence-corrected chi connectivity index (χ1v) is 7.76. The van der Waals surface area contributed by atoms with Crippen LogP contribution in [0.1, 0.15) is 50.8 Å². The molecule has 136 valence electrons. The zero-order chi connectivity index (χ0) is 27.3. The van der Waals surface area contributed by atoms with Gasteiger partial charge in [0, 0.05) is 18.3 Å². The van der Waals surface area contributed by atoms with Gasteiger partial charge in [-0.3, -0.25) is 0 Å². The largest absolute Gasteiger partial charge is 0.480 e. The number of alkyl carbamates (subject to hydrolysis) is 1. The van der Waals surface area contributed by atoms with Crippen LogP contribution >= 0.6 is 0 Å². The summed E-state index contributed by atoms with van der Waals surface area (Å²) < 4.78 is 82.2. The Kier molecular flexibility index (Phi) is 2.69. The van der Waals surface area contributed by atoms with Gasteiger partial charge >= 0.3 is 12.1 Å². The molecule has 0 spiro atoms. The molecule has 0 radical (unpaired) electrons. The smallest absolute Gasteiger partial charge is 0.407 e. The Morgan fingerprint density at radius 2 is 1.77 bits per heavy atom. The Hall–Kier alpha value is -2.82. The van der Waals surface area contributed by atoms with Crippen molar-refractivity contribution in [2.45, 2.75) is 32.0 Å². The highest BCUT2D eigenvalue weighted by atomic mass is 16.5. The van der Waals surface area contributed by atoms with Crippen LogP contribution in [0.25, 0.3) is 11.1 Å². The lowest BCUT2D eigenvalue weighted by molar-refractivity contribution is -0.139. The Balaban J connectivity index is 1.90. The molecule has 0 aliphatic heterocycles. The van der Waals surface area contributed by atoms with Crippen molar-refractivity contribution in [2.75, 3.05) is 6.61 Å². The molecule has 1 aliphatic carbocycles. The number of benzene rings is 2. The number of fused-ring (bicyclic) bond motifs is 3. The molecule has 0 saturated carbocycles. The molecule has 0 aromatic heterocycles.